The second kappa shape index (κ2) is 10.3. The highest BCUT2D eigenvalue weighted by Crippen LogP contribution is 2.32. The van der Waals surface area contributed by atoms with Crippen LogP contribution in [-0.4, -0.2) is 50.5 Å². The van der Waals surface area contributed by atoms with Crippen LogP contribution in [0.4, 0.5) is 18.9 Å². The molecule has 0 unspecified atom stereocenters. The number of hydrogen-bond donors (Lipinski definition) is 3. The first-order valence-electron chi connectivity index (χ1n) is 10.9. The van der Waals surface area contributed by atoms with Crippen LogP contribution in [0.2, 0.25) is 0 Å². The van der Waals surface area contributed by atoms with Gasteiger partial charge in [0, 0.05) is 36.1 Å². The minimum absolute atomic E-state index is 0.0803. The molecule has 1 aliphatic heterocycles. The van der Waals surface area contributed by atoms with E-state index in [0.717, 1.165) is 21.6 Å². The highest BCUT2D eigenvalue weighted by Gasteiger charge is 2.34. The number of aliphatic hydroxyl groups is 1. The smallest absolute Gasteiger partial charge is 0.405 e. The van der Waals surface area contributed by atoms with Crippen molar-refractivity contribution in [2.45, 2.75) is 32.0 Å². The first-order chi connectivity index (χ1) is 17.5. The summed E-state index contributed by atoms with van der Waals surface area (Å²) in [5.41, 5.74) is -1.60. The van der Waals surface area contributed by atoms with E-state index in [1.807, 2.05) is 0 Å². The fourth-order valence-electron chi connectivity index (χ4n) is 3.73. The second-order valence-electron chi connectivity index (χ2n) is 8.12. The summed E-state index contributed by atoms with van der Waals surface area (Å²) in [6.07, 6.45) is -4.67. The Bertz CT molecular complexity index is 1410. The van der Waals surface area contributed by atoms with Gasteiger partial charge in [-0.05, 0) is 18.2 Å². The van der Waals surface area contributed by atoms with E-state index in [0.29, 0.717) is 5.69 Å². The molecule has 37 heavy (non-hydrogen) atoms. The zero-order valence-electron chi connectivity index (χ0n) is 19.0. The van der Waals surface area contributed by atoms with Crippen molar-refractivity contribution in [1.29, 1.82) is 0 Å². The van der Waals surface area contributed by atoms with Crippen LogP contribution in [0.25, 0.3) is 0 Å². The van der Waals surface area contributed by atoms with E-state index in [4.69, 9.17) is 0 Å². The zero-order valence-corrected chi connectivity index (χ0v) is 19.0. The number of carbonyl (C=O) groups excluding carboxylic acids is 2. The van der Waals surface area contributed by atoms with Gasteiger partial charge in [0.1, 0.15) is 11.4 Å². The van der Waals surface area contributed by atoms with Crippen molar-refractivity contribution >= 4 is 17.5 Å². The number of aromatic amines is 1. The van der Waals surface area contributed by atoms with Gasteiger partial charge in [0.2, 0.25) is 5.91 Å². The fraction of sp³-hybridized carbons (Fsp3) is 0.261. The Kier molecular flexibility index (Phi) is 7.11. The molecule has 3 N–H and O–H groups in total. The Hall–Kier alpha value is -4.46. The molecule has 14 heteroatoms. The molecule has 0 aliphatic carbocycles. The van der Waals surface area contributed by atoms with E-state index in [9.17, 15) is 37.5 Å². The van der Waals surface area contributed by atoms with Crippen LogP contribution in [0.15, 0.2) is 58.3 Å². The molecule has 4 rings (SSSR count). The number of halogens is 3. The number of anilines is 1. The molecule has 0 saturated carbocycles. The minimum atomic E-state index is -5.06. The molecule has 1 saturated heterocycles. The molecular formula is C23H20F3N5O6. The third-order valence-electron chi connectivity index (χ3n) is 5.44. The quantitative estimate of drug-likeness (QED) is 0.421. The second-order valence-corrected chi connectivity index (χ2v) is 8.12. The summed E-state index contributed by atoms with van der Waals surface area (Å²) in [6.45, 7) is -0.669. The van der Waals surface area contributed by atoms with Gasteiger partial charge in [0.05, 0.1) is 31.3 Å². The maximum absolute atomic E-state index is 13.0. The van der Waals surface area contributed by atoms with Crippen molar-refractivity contribution < 1.29 is 32.6 Å². The predicted octanol–water partition coefficient (Wildman–Crippen LogP) is 0.906. The molecule has 11 nitrogen and oxygen atoms in total. The summed E-state index contributed by atoms with van der Waals surface area (Å²) in [5, 5.41) is 12.0. The third kappa shape index (κ3) is 6.22. The highest BCUT2D eigenvalue weighted by atomic mass is 19.4. The van der Waals surface area contributed by atoms with Gasteiger partial charge in [-0.3, -0.25) is 23.9 Å². The standard InChI is InChI=1S/C23H20F3N5O6/c24-23(25,26)37-18-7-15(30-12-16(32)8-19(30)33)5-4-13(18)10-28-21(35)17-9-20(34)31(22(36)29-17)11-14-3-1-2-6-27-14/h1-7,9,16,32H,8,10-12H2,(H,28,35)(H,29,36)/t16-/m0/s1. The molecule has 1 aliphatic rings. The largest absolute Gasteiger partial charge is 0.573 e. The maximum Gasteiger partial charge on any atom is 0.573 e. The number of pyridine rings is 1. The molecule has 1 fully saturated rings. The molecule has 0 bridgehead atoms. The number of nitrogens with one attached hydrogen (secondary N) is 2. The number of β-amino-alcohol motifs (C(OH)–C–C–N with tert-alkyl or cyclic N) is 1. The fourth-order valence-corrected chi connectivity index (χ4v) is 3.73. The summed E-state index contributed by atoms with van der Waals surface area (Å²) in [7, 11) is 0. The normalized spacial score (nSPS) is 15.6. The van der Waals surface area contributed by atoms with Gasteiger partial charge >= 0.3 is 12.1 Å². The number of hydrogen-bond acceptors (Lipinski definition) is 7. The lowest BCUT2D eigenvalue weighted by Gasteiger charge is -2.20. The van der Waals surface area contributed by atoms with Crippen molar-refractivity contribution in [2.24, 2.45) is 0 Å². The van der Waals surface area contributed by atoms with Crippen molar-refractivity contribution in [3.63, 3.8) is 0 Å². The minimum Gasteiger partial charge on any atom is -0.405 e. The van der Waals surface area contributed by atoms with Gasteiger partial charge < -0.3 is 25.0 Å². The van der Waals surface area contributed by atoms with Crippen LogP contribution >= 0.6 is 0 Å². The van der Waals surface area contributed by atoms with Crippen LogP contribution in [0, 0.1) is 0 Å². The number of benzene rings is 1. The van der Waals surface area contributed by atoms with E-state index in [-0.39, 0.29) is 36.5 Å². The average molecular weight is 519 g/mol. The average Bonchev–Trinajstić information content (AvgIpc) is 3.17. The predicted molar refractivity (Wildman–Crippen MR) is 122 cm³/mol. The Morgan fingerprint density at radius 2 is 1.97 bits per heavy atom. The van der Waals surface area contributed by atoms with Crippen LogP contribution < -0.4 is 26.2 Å². The Morgan fingerprint density at radius 1 is 1.19 bits per heavy atom. The molecular weight excluding hydrogens is 499 g/mol. The van der Waals surface area contributed by atoms with E-state index in [1.165, 1.54) is 18.3 Å². The molecule has 3 heterocycles. The van der Waals surface area contributed by atoms with Crippen molar-refractivity contribution in [2.75, 3.05) is 11.4 Å². The number of carbonyl (C=O) groups is 2. The molecule has 0 radical (unpaired) electrons. The van der Waals surface area contributed by atoms with Gasteiger partial charge in [0.15, 0.2) is 0 Å². The van der Waals surface area contributed by atoms with E-state index >= 15 is 0 Å². The molecule has 2 amide bonds. The lowest BCUT2D eigenvalue weighted by atomic mass is 10.1. The monoisotopic (exact) mass is 519 g/mol. The SMILES string of the molecule is O=C(NCc1ccc(N2C[C@@H](O)CC2=O)cc1OC(F)(F)F)c1cc(=O)n(Cc2ccccn2)c(=O)[nH]1. The molecule has 3 aromatic rings. The zero-order chi connectivity index (χ0) is 26.7. The summed E-state index contributed by atoms with van der Waals surface area (Å²) >= 11 is 0. The lowest BCUT2D eigenvalue weighted by Crippen LogP contribution is -2.38. The van der Waals surface area contributed by atoms with Gasteiger partial charge in [-0.25, -0.2) is 4.79 Å². The number of alkyl halides is 3. The summed E-state index contributed by atoms with van der Waals surface area (Å²) in [5.74, 6) is -2.05. The highest BCUT2D eigenvalue weighted by molar-refractivity contribution is 5.96. The first-order valence-corrected chi connectivity index (χ1v) is 10.9. The molecule has 194 valence electrons. The van der Waals surface area contributed by atoms with Crippen molar-refractivity contribution in [1.82, 2.24) is 19.9 Å². The summed E-state index contributed by atoms with van der Waals surface area (Å²) in [6, 6.07) is 9.40. The van der Waals surface area contributed by atoms with Gasteiger partial charge in [0.25, 0.3) is 11.5 Å². The van der Waals surface area contributed by atoms with Crippen LogP contribution in [0.1, 0.15) is 28.2 Å². The Labute approximate surface area is 206 Å². The topological polar surface area (TPSA) is 147 Å². The molecule has 0 spiro atoms. The third-order valence-corrected chi connectivity index (χ3v) is 5.44. The van der Waals surface area contributed by atoms with Crippen molar-refractivity contribution in [3.05, 3.63) is 86.5 Å². The van der Waals surface area contributed by atoms with Gasteiger partial charge in [-0.1, -0.05) is 12.1 Å². The van der Waals surface area contributed by atoms with Crippen LogP contribution in [-0.2, 0) is 17.9 Å². The number of ether oxygens (including phenoxy) is 1. The Balaban J connectivity index is 1.52. The Morgan fingerprint density at radius 3 is 2.59 bits per heavy atom. The summed E-state index contributed by atoms with van der Waals surface area (Å²) < 4.78 is 43.9. The van der Waals surface area contributed by atoms with Crippen molar-refractivity contribution in [3.8, 4) is 5.75 Å². The van der Waals surface area contributed by atoms with E-state index in [1.54, 1.807) is 18.2 Å². The number of H-pyrrole nitrogens is 1. The van der Waals surface area contributed by atoms with Gasteiger partial charge in [-0.15, -0.1) is 13.2 Å². The van der Waals surface area contributed by atoms with Crippen LogP contribution in [0.3, 0.4) is 0 Å². The molecule has 2 aromatic heterocycles. The number of aliphatic hydroxyl groups excluding tert-OH is 1. The van der Waals surface area contributed by atoms with E-state index in [2.05, 4.69) is 20.0 Å². The number of nitrogens with zero attached hydrogens (tertiary/aromatic N) is 3. The van der Waals surface area contributed by atoms with E-state index < -0.39 is 47.8 Å². The van der Waals surface area contributed by atoms with Gasteiger partial charge in [-0.2, -0.15) is 0 Å². The first kappa shape index (κ1) is 25.6. The number of rotatable bonds is 7. The molecule has 1 aromatic carbocycles. The lowest BCUT2D eigenvalue weighted by molar-refractivity contribution is -0.274. The number of amides is 2. The number of aromatic nitrogens is 3. The molecule has 1 atom stereocenters. The summed E-state index contributed by atoms with van der Waals surface area (Å²) in [4.78, 5) is 56.8. The maximum atomic E-state index is 13.0. The van der Waals surface area contributed by atoms with Crippen LogP contribution in [0.5, 0.6) is 5.75 Å².